The van der Waals surface area contributed by atoms with Gasteiger partial charge in [0.1, 0.15) is 0 Å². The van der Waals surface area contributed by atoms with Gasteiger partial charge in [0.05, 0.1) is 6.61 Å². The van der Waals surface area contributed by atoms with Crippen molar-refractivity contribution in [3.8, 4) is 0 Å². The maximum Gasteiger partial charge on any atom is 0.251 e. The number of aliphatic hydroxyl groups excluding tert-OH is 1. The lowest BCUT2D eigenvalue weighted by Crippen LogP contribution is -2.27. The fourth-order valence-corrected chi connectivity index (χ4v) is 2.69. The average molecular weight is 312 g/mol. The first-order valence-corrected chi connectivity index (χ1v) is 7.85. The van der Waals surface area contributed by atoms with Crippen molar-refractivity contribution < 1.29 is 9.90 Å². The van der Waals surface area contributed by atoms with Gasteiger partial charge in [-0.05, 0) is 49.6 Å². The Kier molecular flexibility index (Phi) is 5.77. The fourth-order valence-electron chi connectivity index (χ4n) is 2.69. The standard InChI is InChI=1S/C19H24N2O2/c1-13-7-4-5-8-16(13)15(3)21-18-10-6-9-17(14(18)2)19(23)20-11-12-22/h4-10,15,21-22H,11-12H2,1-3H3,(H,20,23). The Morgan fingerprint density at radius 1 is 1.13 bits per heavy atom. The summed E-state index contributed by atoms with van der Waals surface area (Å²) in [4.78, 5) is 12.1. The third-order valence-electron chi connectivity index (χ3n) is 4.00. The first-order chi connectivity index (χ1) is 11.0. The fraction of sp³-hybridized carbons (Fsp3) is 0.316. The zero-order chi connectivity index (χ0) is 16.8. The molecule has 1 unspecified atom stereocenters. The molecule has 23 heavy (non-hydrogen) atoms. The molecule has 0 bridgehead atoms. The number of carbonyl (C=O) groups excluding carboxylic acids is 1. The van der Waals surface area contributed by atoms with Crippen LogP contribution < -0.4 is 10.6 Å². The second kappa shape index (κ2) is 7.79. The first-order valence-electron chi connectivity index (χ1n) is 7.85. The monoisotopic (exact) mass is 312 g/mol. The summed E-state index contributed by atoms with van der Waals surface area (Å²) in [6, 6.07) is 14.1. The highest BCUT2D eigenvalue weighted by atomic mass is 16.3. The van der Waals surface area contributed by atoms with Crippen molar-refractivity contribution in [3.05, 3.63) is 64.7 Å². The van der Waals surface area contributed by atoms with E-state index >= 15 is 0 Å². The number of aliphatic hydroxyl groups is 1. The van der Waals surface area contributed by atoms with E-state index in [9.17, 15) is 4.79 Å². The summed E-state index contributed by atoms with van der Waals surface area (Å²) in [5.74, 6) is -0.163. The predicted molar refractivity (Wildman–Crippen MR) is 93.8 cm³/mol. The highest BCUT2D eigenvalue weighted by Gasteiger charge is 2.14. The summed E-state index contributed by atoms with van der Waals surface area (Å²) in [7, 11) is 0. The van der Waals surface area contributed by atoms with Gasteiger partial charge in [-0.3, -0.25) is 4.79 Å². The molecule has 0 aliphatic rings. The summed E-state index contributed by atoms with van der Waals surface area (Å²) in [6.45, 7) is 6.34. The van der Waals surface area contributed by atoms with Crippen molar-refractivity contribution in [1.82, 2.24) is 5.32 Å². The number of benzene rings is 2. The number of rotatable bonds is 6. The molecule has 0 fully saturated rings. The lowest BCUT2D eigenvalue weighted by Gasteiger charge is -2.20. The molecule has 0 spiro atoms. The number of carbonyl (C=O) groups is 1. The molecule has 3 N–H and O–H groups in total. The van der Waals surface area contributed by atoms with Crippen LogP contribution in [0.3, 0.4) is 0 Å². The first kappa shape index (κ1) is 17.0. The molecular weight excluding hydrogens is 288 g/mol. The lowest BCUT2D eigenvalue weighted by molar-refractivity contribution is 0.0944. The molecular formula is C19H24N2O2. The molecule has 0 saturated carbocycles. The largest absolute Gasteiger partial charge is 0.395 e. The summed E-state index contributed by atoms with van der Waals surface area (Å²) < 4.78 is 0. The van der Waals surface area contributed by atoms with E-state index in [4.69, 9.17) is 5.11 Å². The molecule has 2 rings (SSSR count). The van der Waals surface area contributed by atoms with Gasteiger partial charge >= 0.3 is 0 Å². The van der Waals surface area contributed by atoms with Gasteiger partial charge < -0.3 is 15.7 Å². The van der Waals surface area contributed by atoms with Crippen LogP contribution in [0.2, 0.25) is 0 Å². The third-order valence-corrected chi connectivity index (χ3v) is 4.00. The van der Waals surface area contributed by atoms with Crippen molar-refractivity contribution >= 4 is 11.6 Å². The normalized spacial score (nSPS) is 11.8. The van der Waals surface area contributed by atoms with Crippen molar-refractivity contribution in [1.29, 1.82) is 0 Å². The number of aryl methyl sites for hydroxylation is 1. The van der Waals surface area contributed by atoms with Gasteiger partial charge in [-0.1, -0.05) is 30.3 Å². The van der Waals surface area contributed by atoms with Crippen LogP contribution in [-0.2, 0) is 0 Å². The molecule has 0 aliphatic carbocycles. The Morgan fingerprint density at radius 3 is 2.57 bits per heavy atom. The van der Waals surface area contributed by atoms with Gasteiger partial charge in [0.15, 0.2) is 0 Å². The molecule has 4 nitrogen and oxygen atoms in total. The molecule has 1 atom stereocenters. The highest BCUT2D eigenvalue weighted by Crippen LogP contribution is 2.25. The van der Waals surface area contributed by atoms with Crippen molar-refractivity contribution in [2.45, 2.75) is 26.8 Å². The van der Waals surface area contributed by atoms with E-state index in [1.165, 1.54) is 11.1 Å². The molecule has 2 aromatic carbocycles. The quantitative estimate of drug-likeness (QED) is 0.767. The van der Waals surface area contributed by atoms with Crippen molar-refractivity contribution in [3.63, 3.8) is 0 Å². The summed E-state index contributed by atoms with van der Waals surface area (Å²) in [5, 5.41) is 15.0. The Hall–Kier alpha value is -2.33. The minimum absolute atomic E-state index is 0.0625. The molecule has 2 aromatic rings. The minimum atomic E-state index is -0.163. The number of hydrogen-bond acceptors (Lipinski definition) is 3. The second-order valence-corrected chi connectivity index (χ2v) is 5.68. The maximum atomic E-state index is 12.1. The minimum Gasteiger partial charge on any atom is -0.395 e. The molecule has 1 amide bonds. The molecule has 0 radical (unpaired) electrons. The lowest BCUT2D eigenvalue weighted by atomic mass is 10.0. The van der Waals surface area contributed by atoms with Gasteiger partial charge in [0, 0.05) is 23.8 Å². The van der Waals surface area contributed by atoms with Crippen molar-refractivity contribution in [2.24, 2.45) is 0 Å². The van der Waals surface area contributed by atoms with Crippen molar-refractivity contribution in [2.75, 3.05) is 18.5 Å². The van der Waals surface area contributed by atoms with Crippen LogP contribution in [0.25, 0.3) is 0 Å². The smallest absolute Gasteiger partial charge is 0.251 e. The Balaban J connectivity index is 2.21. The predicted octanol–water partition coefficient (Wildman–Crippen LogP) is 3.20. The van der Waals surface area contributed by atoms with Gasteiger partial charge in [0.2, 0.25) is 0 Å². The van der Waals surface area contributed by atoms with Crippen LogP contribution in [0.15, 0.2) is 42.5 Å². The van der Waals surface area contributed by atoms with E-state index in [1.54, 1.807) is 6.07 Å². The van der Waals surface area contributed by atoms with Gasteiger partial charge in [-0.2, -0.15) is 0 Å². The van der Waals surface area contributed by atoms with Crippen LogP contribution >= 0.6 is 0 Å². The molecule has 0 heterocycles. The molecule has 0 aromatic heterocycles. The van der Waals surface area contributed by atoms with Crippen LogP contribution in [0, 0.1) is 13.8 Å². The Bertz CT molecular complexity index is 683. The van der Waals surface area contributed by atoms with E-state index in [1.807, 2.05) is 31.2 Å². The third kappa shape index (κ3) is 4.11. The van der Waals surface area contributed by atoms with Gasteiger partial charge in [-0.25, -0.2) is 0 Å². The molecule has 0 aliphatic heterocycles. The Morgan fingerprint density at radius 2 is 1.87 bits per heavy atom. The van der Waals surface area contributed by atoms with Crippen LogP contribution in [0.1, 0.15) is 40.0 Å². The van der Waals surface area contributed by atoms with Crippen LogP contribution in [0.5, 0.6) is 0 Å². The zero-order valence-electron chi connectivity index (χ0n) is 13.9. The summed E-state index contributed by atoms with van der Waals surface area (Å²) in [5.41, 5.74) is 4.95. The molecule has 0 saturated heterocycles. The topological polar surface area (TPSA) is 61.4 Å². The Labute approximate surface area is 137 Å². The molecule has 4 heteroatoms. The van der Waals surface area contributed by atoms with E-state index in [-0.39, 0.29) is 25.1 Å². The summed E-state index contributed by atoms with van der Waals surface area (Å²) >= 11 is 0. The number of anilines is 1. The van der Waals surface area contributed by atoms with Crippen LogP contribution in [0.4, 0.5) is 5.69 Å². The van der Waals surface area contributed by atoms with E-state index in [0.29, 0.717) is 5.56 Å². The maximum absolute atomic E-state index is 12.1. The van der Waals surface area contributed by atoms with Gasteiger partial charge in [0.25, 0.3) is 5.91 Å². The number of amides is 1. The van der Waals surface area contributed by atoms with E-state index in [2.05, 4.69) is 36.6 Å². The van der Waals surface area contributed by atoms with E-state index in [0.717, 1.165) is 11.3 Å². The number of nitrogens with one attached hydrogen (secondary N) is 2. The number of hydrogen-bond donors (Lipinski definition) is 3. The molecule has 122 valence electrons. The van der Waals surface area contributed by atoms with Gasteiger partial charge in [-0.15, -0.1) is 0 Å². The average Bonchev–Trinajstić information content (AvgIpc) is 2.54. The van der Waals surface area contributed by atoms with Crippen LogP contribution in [-0.4, -0.2) is 24.2 Å². The van der Waals surface area contributed by atoms with E-state index < -0.39 is 0 Å². The highest BCUT2D eigenvalue weighted by molar-refractivity contribution is 5.97. The summed E-state index contributed by atoms with van der Waals surface area (Å²) in [6.07, 6.45) is 0. The zero-order valence-corrected chi connectivity index (χ0v) is 13.9. The SMILES string of the molecule is Cc1ccccc1C(C)Nc1cccc(C(=O)NCCO)c1C. The second-order valence-electron chi connectivity index (χ2n) is 5.68.